The van der Waals surface area contributed by atoms with Gasteiger partial charge in [0.1, 0.15) is 5.75 Å². The molecule has 1 amide bonds. The topological polar surface area (TPSA) is 60.3 Å². The lowest BCUT2D eigenvalue weighted by atomic mass is 9.98. The highest BCUT2D eigenvalue weighted by Gasteiger charge is 2.17. The van der Waals surface area contributed by atoms with Gasteiger partial charge in [0.05, 0.1) is 0 Å². The number of ether oxygens (including phenoxy) is 1. The summed E-state index contributed by atoms with van der Waals surface area (Å²) in [6.45, 7) is 3.85. The Bertz CT molecular complexity index is 1240. The fraction of sp³-hybridized carbons (Fsp3) is 0.200. The first-order chi connectivity index (χ1) is 14.8. The summed E-state index contributed by atoms with van der Waals surface area (Å²) in [5.41, 5.74) is 3.40. The van der Waals surface area contributed by atoms with Crippen LogP contribution in [-0.2, 0) is 24.8 Å². The lowest BCUT2D eigenvalue weighted by molar-refractivity contribution is -0.115. The Morgan fingerprint density at radius 2 is 1.97 bits per heavy atom. The molecule has 158 valence electrons. The van der Waals surface area contributed by atoms with Crippen molar-refractivity contribution in [3.05, 3.63) is 81.5 Å². The van der Waals surface area contributed by atoms with Gasteiger partial charge in [-0.3, -0.25) is 9.59 Å². The molecule has 0 aliphatic rings. The molecule has 0 saturated carbocycles. The van der Waals surface area contributed by atoms with Gasteiger partial charge in [-0.15, -0.1) is 6.42 Å². The van der Waals surface area contributed by atoms with E-state index in [0.29, 0.717) is 34.4 Å². The van der Waals surface area contributed by atoms with E-state index in [2.05, 4.69) is 5.32 Å². The Kier molecular flexibility index (Phi) is 6.56. The van der Waals surface area contributed by atoms with Gasteiger partial charge in [0, 0.05) is 36.5 Å². The number of amides is 1. The minimum absolute atomic E-state index is 0.0807. The van der Waals surface area contributed by atoms with Crippen molar-refractivity contribution in [3.63, 3.8) is 0 Å². The summed E-state index contributed by atoms with van der Waals surface area (Å²) in [4.78, 5) is 24.0. The molecule has 0 saturated heterocycles. The van der Waals surface area contributed by atoms with Crippen molar-refractivity contribution in [2.45, 2.75) is 26.8 Å². The van der Waals surface area contributed by atoms with E-state index in [9.17, 15) is 14.0 Å². The van der Waals surface area contributed by atoms with E-state index >= 15 is 0 Å². The summed E-state index contributed by atoms with van der Waals surface area (Å²) in [5.74, 6) is 1.48. The number of halogens is 1. The molecule has 0 atom stereocenters. The Morgan fingerprint density at radius 3 is 2.65 bits per heavy atom. The molecule has 2 aromatic carbocycles. The van der Waals surface area contributed by atoms with Gasteiger partial charge >= 0.3 is 0 Å². The molecule has 0 radical (unpaired) electrons. The monoisotopic (exact) mass is 418 g/mol. The fourth-order valence-corrected chi connectivity index (χ4v) is 3.34. The minimum atomic E-state index is -0.545. The Morgan fingerprint density at radius 1 is 1.19 bits per heavy atom. The summed E-state index contributed by atoms with van der Waals surface area (Å²) in [7, 11) is 1.67. The standard InChI is InChI=1S/C25H23FN2O3/c1-5-17-13-19(15-28(4)25(17)30)24-18(14-27-23(29)6-2)8-7-9-22(24)31-21-11-10-16(3)12-20(21)26/h2,7-13,15H,5,14H2,1,3-4H3,(H,27,29). The van der Waals surface area contributed by atoms with E-state index in [0.717, 1.165) is 5.56 Å². The third-order valence-corrected chi connectivity index (χ3v) is 4.92. The third-order valence-electron chi connectivity index (χ3n) is 4.92. The first-order valence-corrected chi connectivity index (χ1v) is 9.84. The van der Waals surface area contributed by atoms with Crippen molar-refractivity contribution >= 4 is 5.91 Å². The highest BCUT2D eigenvalue weighted by atomic mass is 19.1. The number of nitrogens with zero attached hydrogens (tertiary/aromatic N) is 1. The quantitative estimate of drug-likeness (QED) is 0.613. The second kappa shape index (κ2) is 9.31. The van der Waals surface area contributed by atoms with E-state index in [1.54, 1.807) is 50.5 Å². The van der Waals surface area contributed by atoms with Gasteiger partial charge in [-0.05, 0) is 54.7 Å². The van der Waals surface area contributed by atoms with Crippen molar-refractivity contribution in [1.29, 1.82) is 0 Å². The zero-order valence-corrected chi connectivity index (χ0v) is 17.7. The lowest BCUT2D eigenvalue weighted by Gasteiger charge is -2.18. The number of aromatic nitrogens is 1. The predicted octanol–water partition coefficient (Wildman–Crippen LogP) is 4.10. The van der Waals surface area contributed by atoms with Gasteiger partial charge in [-0.2, -0.15) is 0 Å². The van der Waals surface area contributed by atoms with E-state index in [1.165, 1.54) is 10.6 Å². The van der Waals surface area contributed by atoms with Gasteiger partial charge in [-0.25, -0.2) is 4.39 Å². The number of carbonyl (C=O) groups is 1. The molecule has 0 unspecified atom stereocenters. The van der Waals surface area contributed by atoms with Crippen LogP contribution < -0.4 is 15.6 Å². The fourth-order valence-electron chi connectivity index (χ4n) is 3.34. The number of hydrogen-bond donors (Lipinski definition) is 1. The number of pyridine rings is 1. The van der Waals surface area contributed by atoms with E-state index in [4.69, 9.17) is 11.2 Å². The molecule has 3 rings (SSSR count). The maximum absolute atomic E-state index is 14.5. The SMILES string of the molecule is C#CC(=O)NCc1cccc(Oc2ccc(C)cc2F)c1-c1cc(CC)c(=O)n(C)c1. The van der Waals surface area contributed by atoms with Crippen LogP contribution in [0.25, 0.3) is 11.1 Å². The molecule has 1 N–H and O–H groups in total. The number of benzene rings is 2. The zero-order chi connectivity index (χ0) is 22.5. The Hall–Kier alpha value is -3.85. The average Bonchev–Trinajstić information content (AvgIpc) is 2.75. The first-order valence-electron chi connectivity index (χ1n) is 9.84. The number of hydrogen-bond acceptors (Lipinski definition) is 3. The van der Waals surface area contributed by atoms with Crippen molar-refractivity contribution in [2.75, 3.05) is 0 Å². The molecule has 0 aliphatic heterocycles. The molecular weight excluding hydrogens is 395 g/mol. The highest BCUT2D eigenvalue weighted by molar-refractivity contribution is 5.92. The van der Waals surface area contributed by atoms with Crippen LogP contribution in [0.5, 0.6) is 11.5 Å². The molecule has 5 nitrogen and oxygen atoms in total. The van der Waals surface area contributed by atoms with Crippen LogP contribution in [0.1, 0.15) is 23.6 Å². The van der Waals surface area contributed by atoms with Crippen LogP contribution in [0.2, 0.25) is 0 Å². The summed E-state index contributed by atoms with van der Waals surface area (Å²) in [6, 6.07) is 11.8. The third kappa shape index (κ3) is 4.84. The smallest absolute Gasteiger partial charge is 0.295 e. The molecule has 0 aliphatic carbocycles. The molecule has 6 heteroatoms. The van der Waals surface area contributed by atoms with Crippen LogP contribution in [0.15, 0.2) is 53.5 Å². The molecule has 0 fully saturated rings. The molecule has 0 bridgehead atoms. The molecule has 0 spiro atoms. The molecule has 1 aromatic heterocycles. The van der Waals surface area contributed by atoms with Gasteiger partial charge in [0.15, 0.2) is 11.6 Å². The van der Waals surface area contributed by atoms with Crippen LogP contribution in [0, 0.1) is 25.1 Å². The number of carbonyl (C=O) groups excluding carboxylic acids is 1. The van der Waals surface area contributed by atoms with Gasteiger partial charge in [-0.1, -0.05) is 25.1 Å². The molecule has 31 heavy (non-hydrogen) atoms. The van der Waals surface area contributed by atoms with E-state index < -0.39 is 11.7 Å². The minimum Gasteiger partial charge on any atom is -0.454 e. The van der Waals surface area contributed by atoms with Gasteiger partial charge < -0.3 is 14.6 Å². The molecule has 3 aromatic rings. The van der Waals surface area contributed by atoms with Gasteiger partial charge in [0.25, 0.3) is 11.5 Å². The van der Waals surface area contributed by atoms with Gasteiger partial charge in [0.2, 0.25) is 0 Å². The normalized spacial score (nSPS) is 10.4. The average molecular weight is 418 g/mol. The maximum atomic E-state index is 14.5. The number of aryl methyl sites for hydroxylation is 3. The Balaban J connectivity index is 2.17. The zero-order valence-electron chi connectivity index (χ0n) is 17.7. The predicted molar refractivity (Wildman–Crippen MR) is 118 cm³/mol. The second-order valence-corrected chi connectivity index (χ2v) is 7.18. The van der Waals surface area contributed by atoms with Crippen molar-refractivity contribution in [2.24, 2.45) is 7.05 Å². The van der Waals surface area contributed by atoms with Crippen molar-refractivity contribution < 1.29 is 13.9 Å². The van der Waals surface area contributed by atoms with Crippen molar-refractivity contribution in [3.8, 4) is 35.0 Å². The summed E-state index contributed by atoms with van der Waals surface area (Å²) in [6.07, 6.45) is 7.41. The summed E-state index contributed by atoms with van der Waals surface area (Å²) in [5, 5.41) is 2.65. The van der Waals surface area contributed by atoms with Crippen LogP contribution in [-0.4, -0.2) is 10.5 Å². The summed E-state index contributed by atoms with van der Waals surface area (Å²) >= 11 is 0. The first kappa shape index (κ1) is 21.8. The van der Waals surface area contributed by atoms with Crippen LogP contribution in [0.4, 0.5) is 4.39 Å². The second-order valence-electron chi connectivity index (χ2n) is 7.18. The molecular formula is C25H23FN2O3. The van der Waals surface area contributed by atoms with E-state index in [-0.39, 0.29) is 17.9 Å². The Labute approximate surface area is 180 Å². The summed E-state index contributed by atoms with van der Waals surface area (Å²) < 4.78 is 21.9. The maximum Gasteiger partial charge on any atom is 0.295 e. The largest absolute Gasteiger partial charge is 0.454 e. The molecule has 1 heterocycles. The number of rotatable bonds is 6. The number of terminal acetylenes is 1. The van der Waals surface area contributed by atoms with E-state index in [1.807, 2.05) is 18.9 Å². The van der Waals surface area contributed by atoms with Crippen molar-refractivity contribution in [1.82, 2.24) is 9.88 Å². The van der Waals surface area contributed by atoms with Crippen LogP contribution in [0.3, 0.4) is 0 Å². The van der Waals surface area contributed by atoms with Crippen LogP contribution >= 0.6 is 0 Å². The highest BCUT2D eigenvalue weighted by Crippen LogP contribution is 2.37. The number of nitrogens with one attached hydrogen (secondary N) is 1. The lowest BCUT2D eigenvalue weighted by Crippen LogP contribution is -2.22.